The van der Waals surface area contributed by atoms with Gasteiger partial charge in [-0.25, -0.2) is 9.50 Å². The third-order valence-corrected chi connectivity index (χ3v) is 4.46. The Morgan fingerprint density at radius 2 is 2.19 bits per heavy atom. The number of carboxylic acid groups (broad SMARTS) is 1. The van der Waals surface area contributed by atoms with Crippen LogP contribution in [0.4, 0.5) is 18.3 Å². The number of fused-ring (bicyclic) bond motifs is 1. The fourth-order valence-corrected chi connectivity index (χ4v) is 3.42. The third kappa shape index (κ3) is 2.43. The zero-order valence-corrected chi connectivity index (χ0v) is 11.6. The Labute approximate surface area is 120 Å². The van der Waals surface area contributed by atoms with Gasteiger partial charge in [-0.15, -0.1) is 5.10 Å². The maximum atomic E-state index is 12.9. The number of hydrogen-bond acceptors (Lipinski definition) is 5. The van der Waals surface area contributed by atoms with E-state index in [1.54, 1.807) is 13.1 Å². The molecule has 0 radical (unpaired) electrons. The van der Waals surface area contributed by atoms with Gasteiger partial charge in [0.25, 0.3) is 0 Å². The zero-order valence-electron chi connectivity index (χ0n) is 10.8. The molecule has 10 heteroatoms. The molecule has 114 valence electrons. The van der Waals surface area contributed by atoms with E-state index in [1.165, 1.54) is 9.42 Å². The molecule has 2 aromatic rings. The maximum absolute atomic E-state index is 12.9. The van der Waals surface area contributed by atoms with Gasteiger partial charge in [-0.1, -0.05) is 11.3 Å². The van der Waals surface area contributed by atoms with Crippen LogP contribution in [0.2, 0.25) is 0 Å². The van der Waals surface area contributed by atoms with Gasteiger partial charge in [0.05, 0.1) is 23.7 Å². The van der Waals surface area contributed by atoms with Crippen LogP contribution in [0.3, 0.4) is 0 Å². The molecule has 3 heterocycles. The topological polar surface area (TPSA) is 70.7 Å². The number of halogens is 3. The lowest BCUT2D eigenvalue weighted by molar-refractivity contribution is -0.187. The molecule has 0 bridgehead atoms. The number of anilines is 1. The Morgan fingerprint density at radius 1 is 1.48 bits per heavy atom. The number of alkyl halides is 3. The standard InChI is InChI=1S/C11H11F3N4O2S/c1-5-2-18-9(15-5)21-10(16-18)17-3-6(8(19)20)7(4-17)11(12,13)14/h2,6-7H,3-4H2,1H3,(H,19,20)/t6-,7-/m1/s1. The van der Waals surface area contributed by atoms with Gasteiger partial charge in [-0.2, -0.15) is 13.2 Å². The summed E-state index contributed by atoms with van der Waals surface area (Å²) < 4.78 is 40.3. The van der Waals surface area contributed by atoms with Crippen LogP contribution in [0.1, 0.15) is 5.69 Å². The number of hydrogen-bond donors (Lipinski definition) is 1. The van der Waals surface area contributed by atoms with Crippen LogP contribution in [0.15, 0.2) is 6.20 Å². The van der Waals surface area contributed by atoms with E-state index in [0.717, 1.165) is 17.0 Å². The molecule has 1 saturated heterocycles. The number of aryl methyl sites for hydroxylation is 1. The minimum atomic E-state index is -4.54. The number of carbonyl (C=O) groups is 1. The second-order valence-corrected chi connectivity index (χ2v) is 5.93. The Kier molecular flexibility index (Phi) is 3.08. The van der Waals surface area contributed by atoms with Crippen molar-refractivity contribution in [1.82, 2.24) is 14.6 Å². The summed E-state index contributed by atoms with van der Waals surface area (Å²) in [6.07, 6.45) is -2.87. The smallest absolute Gasteiger partial charge is 0.394 e. The Bertz CT molecular complexity index is 664. The molecule has 0 unspecified atom stereocenters. The summed E-state index contributed by atoms with van der Waals surface area (Å²) in [6, 6.07) is 0. The summed E-state index contributed by atoms with van der Waals surface area (Å²) in [5.74, 6) is -4.78. The lowest BCUT2D eigenvalue weighted by Crippen LogP contribution is -2.33. The summed E-state index contributed by atoms with van der Waals surface area (Å²) in [7, 11) is 0. The number of aliphatic carboxylic acids is 1. The van der Waals surface area contributed by atoms with Crippen LogP contribution in [-0.4, -0.2) is 44.9 Å². The van der Waals surface area contributed by atoms with Gasteiger partial charge in [0.2, 0.25) is 10.1 Å². The second kappa shape index (κ2) is 4.58. The molecular formula is C11H11F3N4O2S. The van der Waals surface area contributed by atoms with E-state index in [4.69, 9.17) is 5.11 Å². The summed E-state index contributed by atoms with van der Waals surface area (Å²) in [5, 5.41) is 13.5. The van der Waals surface area contributed by atoms with Crippen molar-refractivity contribution in [2.45, 2.75) is 13.1 Å². The van der Waals surface area contributed by atoms with E-state index < -0.39 is 30.5 Å². The molecule has 1 aliphatic heterocycles. The van der Waals surface area contributed by atoms with Gasteiger partial charge in [0, 0.05) is 13.1 Å². The van der Waals surface area contributed by atoms with Crippen molar-refractivity contribution in [2.75, 3.05) is 18.0 Å². The molecule has 6 nitrogen and oxygen atoms in total. The summed E-state index contributed by atoms with van der Waals surface area (Å²) >= 11 is 1.15. The Hall–Kier alpha value is -1.84. The van der Waals surface area contributed by atoms with Gasteiger partial charge in [0.1, 0.15) is 0 Å². The van der Waals surface area contributed by atoms with E-state index in [2.05, 4.69) is 10.1 Å². The molecule has 1 N–H and O–H groups in total. The minimum absolute atomic E-state index is 0.199. The average Bonchev–Trinajstić information content (AvgIpc) is 2.97. The van der Waals surface area contributed by atoms with Gasteiger partial charge in [-0.3, -0.25) is 4.79 Å². The first kappa shape index (κ1) is 14.1. The predicted molar refractivity (Wildman–Crippen MR) is 68.5 cm³/mol. The highest BCUT2D eigenvalue weighted by molar-refractivity contribution is 7.20. The van der Waals surface area contributed by atoms with E-state index in [0.29, 0.717) is 10.1 Å². The molecule has 0 spiro atoms. The Morgan fingerprint density at radius 3 is 2.71 bits per heavy atom. The van der Waals surface area contributed by atoms with Crippen molar-refractivity contribution in [2.24, 2.45) is 11.8 Å². The lowest BCUT2D eigenvalue weighted by atomic mass is 9.96. The van der Waals surface area contributed by atoms with Crippen LogP contribution in [-0.2, 0) is 4.79 Å². The quantitative estimate of drug-likeness (QED) is 0.913. The van der Waals surface area contributed by atoms with E-state index in [9.17, 15) is 18.0 Å². The SMILES string of the molecule is Cc1cn2nc(N3C[C@@H](C(F)(F)F)[C@H](C(=O)O)C3)sc2n1. The van der Waals surface area contributed by atoms with Gasteiger partial charge >= 0.3 is 12.1 Å². The molecule has 0 saturated carbocycles. The van der Waals surface area contributed by atoms with Crippen LogP contribution in [0, 0.1) is 18.8 Å². The van der Waals surface area contributed by atoms with Crippen LogP contribution in [0.25, 0.3) is 4.96 Å². The first-order valence-electron chi connectivity index (χ1n) is 6.13. The largest absolute Gasteiger partial charge is 0.481 e. The van der Waals surface area contributed by atoms with Crippen molar-refractivity contribution < 1.29 is 23.1 Å². The predicted octanol–water partition coefficient (Wildman–Crippen LogP) is 1.80. The molecule has 1 fully saturated rings. The summed E-state index contributed by atoms with van der Waals surface area (Å²) in [6.45, 7) is 1.20. The highest BCUT2D eigenvalue weighted by Gasteiger charge is 2.53. The fourth-order valence-electron chi connectivity index (χ4n) is 2.47. The highest BCUT2D eigenvalue weighted by atomic mass is 32.1. The summed E-state index contributed by atoms with van der Waals surface area (Å²) in [5.41, 5.74) is 0.762. The molecule has 1 aliphatic rings. The number of imidazole rings is 1. The van der Waals surface area contributed by atoms with Gasteiger partial charge < -0.3 is 10.0 Å². The van der Waals surface area contributed by atoms with Gasteiger partial charge in [0.15, 0.2) is 0 Å². The number of carboxylic acids is 1. The van der Waals surface area contributed by atoms with Crippen LogP contribution >= 0.6 is 11.3 Å². The van der Waals surface area contributed by atoms with Crippen molar-refractivity contribution in [1.29, 1.82) is 0 Å². The average molecular weight is 320 g/mol. The lowest BCUT2D eigenvalue weighted by Gasteiger charge is -2.17. The maximum Gasteiger partial charge on any atom is 0.394 e. The monoisotopic (exact) mass is 320 g/mol. The number of aromatic nitrogens is 3. The highest BCUT2D eigenvalue weighted by Crippen LogP contribution is 2.40. The molecule has 2 atom stereocenters. The number of nitrogens with zero attached hydrogens (tertiary/aromatic N) is 4. The normalized spacial score (nSPS) is 23.1. The van der Waals surface area contributed by atoms with Crippen molar-refractivity contribution in [3.63, 3.8) is 0 Å². The number of rotatable bonds is 2. The van der Waals surface area contributed by atoms with E-state index >= 15 is 0 Å². The van der Waals surface area contributed by atoms with E-state index in [1.807, 2.05) is 0 Å². The molecule has 0 aromatic carbocycles. The van der Waals surface area contributed by atoms with Crippen molar-refractivity contribution >= 4 is 27.4 Å². The second-order valence-electron chi connectivity index (χ2n) is 4.99. The third-order valence-electron chi connectivity index (χ3n) is 3.48. The first-order valence-corrected chi connectivity index (χ1v) is 6.94. The minimum Gasteiger partial charge on any atom is -0.481 e. The van der Waals surface area contributed by atoms with E-state index in [-0.39, 0.29) is 6.54 Å². The Balaban J connectivity index is 1.89. The molecule has 0 amide bonds. The molecule has 3 rings (SSSR count). The van der Waals surface area contributed by atoms with Crippen molar-refractivity contribution in [3.8, 4) is 0 Å². The molecule has 21 heavy (non-hydrogen) atoms. The van der Waals surface area contributed by atoms with Crippen LogP contribution in [0.5, 0.6) is 0 Å². The summed E-state index contributed by atoms with van der Waals surface area (Å²) in [4.78, 5) is 17.2. The molecular weight excluding hydrogens is 309 g/mol. The fraction of sp³-hybridized carbons (Fsp3) is 0.545. The first-order chi connectivity index (χ1) is 9.75. The zero-order chi connectivity index (χ0) is 15.4. The molecule has 0 aliphatic carbocycles. The van der Waals surface area contributed by atoms with Gasteiger partial charge in [-0.05, 0) is 6.92 Å². The van der Waals surface area contributed by atoms with Crippen molar-refractivity contribution in [3.05, 3.63) is 11.9 Å². The molecule has 2 aromatic heterocycles. The van der Waals surface area contributed by atoms with Crippen LogP contribution < -0.4 is 4.90 Å².